The first kappa shape index (κ1) is 17.4. The lowest BCUT2D eigenvalue weighted by atomic mass is 9.94. The molecule has 0 aliphatic heterocycles. The number of carbonyl (C=O) groups excluding carboxylic acids is 1. The first-order chi connectivity index (χ1) is 14.1. The van der Waals surface area contributed by atoms with Crippen LogP contribution >= 0.6 is 0 Å². The van der Waals surface area contributed by atoms with Crippen molar-refractivity contribution < 1.29 is 9.53 Å². The SMILES string of the molecule is [B]c1ccc2c(=O)n(CC(=O)Nc3nc4ccccn4n3)nc(OC3CC3)c2c1. The zero-order valence-corrected chi connectivity index (χ0v) is 15.3. The maximum Gasteiger partial charge on any atom is 0.275 e. The summed E-state index contributed by atoms with van der Waals surface area (Å²) in [5.41, 5.74) is 0.704. The number of nitrogens with zero attached hydrogens (tertiary/aromatic N) is 5. The van der Waals surface area contributed by atoms with Gasteiger partial charge in [0.2, 0.25) is 17.7 Å². The fourth-order valence-electron chi connectivity index (χ4n) is 3.00. The second-order valence-corrected chi connectivity index (χ2v) is 6.88. The van der Waals surface area contributed by atoms with Gasteiger partial charge in [-0.05, 0) is 31.0 Å². The van der Waals surface area contributed by atoms with Crippen LogP contribution in [-0.2, 0) is 11.3 Å². The van der Waals surface area contributed by atoms with Gasteiger partial charge in [0.05, 0.1) is 10.8 Å². The molecular weight excluding hydrogens is 371 g/mol. The van der Waals surface area contributed by atoms with Crippen molar-refractivity contribution in [3.63, 3.8) is 0 Å². The smallest absolute Gasteiger partial charge is 0.275 e. The molecule has 1 aliphatic carbocycles. The molecule has 1 N–H and O–H groups in total. The van der Waals surface area contributed by atoms with Crippen molar-refractivity contribution in [2.45, 2.75) is 25.5 Å². The van der Waals surface area contributed by atoms with Crippen LogP contribution in [0.2, 0.25) is 0 Å². The van der Waals surface area contributed by atoms with Gasteiger partial charge in [-0.1, -0.05) is 23.7 Å². The van der Waals surface area contributed by atoms with Crippen LogP contribution in [0.1, 0.15) is 12.8 Å². The number of ether oxygens (including phenoxy) is 1. The zero-order valence-electron chi connectivity index (χ0n) is 15.3. The molecule has 0 bridgehead atoms. The number of nitrogens with one attached hydrogen (secondary N) is 1. The van der Waals surface area contributed by atoms with E-state index < -0.39 is 11.5 Å². The van der Waals surface area contributed by atoms with E-state index >= 15 is 0 Å². The van der Waals surface area contributed by atoms with Gasteiger partial charge in [-0.2, -0.15) is 4.98 Å². The van der Waals surface area contributed by atoms with Gasteiger partial charge in [-0.15, -0.1) is 10.2 Å². The number of amides is 1. The number of fused-ring (bicyclic) bond motifs is 2. The molecule has 5 rings (SSSR count). The Morgan fingerprint density at radius 1 is 1.21 bits per heavy atom. The summed E-state index contributed by atoms with van der Waals surface area (Å²) in [6.45, 7) is -0.296. The van der Waals surface area contributed by atoms with Crippen molar-refractivity contribution in [1.29, 1.82) is 0 Å². The third kappa shape index (κ3) is 3.44. The topological polar surface area (TPSA) is 103 Å². The Balaban J connectivity index is 1.45. The monoisotopic (exact) mass is 386 g/mol. The maximum absolute atomic E-state index is 12.8. The summed E-state index contributed by atoms with van der Waals surface area (Å²) in [4.78, 5) is 29.5. The standard InChI is InChI=1S/C19H15BN6O3/c20-11-4-7-13-14(9-11)17(29-12-5-6-12)23-26(18(13)28)10-16(27)22-19-21-15-3-1-2-8-25(15)24-19/h1-4,7-9,12H,5-6,10H2,(H,22,24,27). The van der Waals surface area contributed by atoms with Crippen molar-refractivity contribution in [2.24, 2.45) is 0 Å². The summed E-state index contributed by atoms with van der Waals surface area (Å²) in [6, 6.07) is 10.3. The van der Waals surface area contributed by atoms with Crippen LogP contribution in [0.15, 0.2) is 47.4 Å². The number of aromatic nitrogens is 5. The van der Waals surface area contributed by atoms with E-state index in [2.05, 4.69) is 20.5 Å². The molecule has 4 aromatic rings. The molecule has 3 aromatic heterocycles. The van der Waals surface area contributed by atoms with E-state index in [1.54, 1.807) is 41.0 Å². The Kier molecular flexibility index (Phi) is 4.04. The molecule has 10 heteroatoms. The second-order valence-electron chi connectivity index (χ2n) is 6.88. The molecule has 1 fully saturated rings. The Labute approximate surface area is 165 Å². The van der Waals surface area contributed by atoms with Crippen molar-refractivity contribution in [3.05, 3.63) is 52.9 Å². The number of carbonyl (C=O) groups is 1. The lowest BCUT2D eigenvalue weighted by molar-refractivity contribution is -0.117. The van der Waals surface area contributed by atoms with Gasteiger partial charge in [-0.25, -0.2) is 9.20 Å². The number of benzene rings is 1. The quantitative estimate of drug-likeness (QED) is 0.499. The minimum Gasteiger partial charge on any atom is -0.473 e. The fourth-order valence-corrected chi connectivity index (χ4v) is 3.00. The van der Waals surface area contributed by atoms with Gasteiger partial charge in [0.15, 0.2) is 5.65 Å². The molecule has 29 heavy (non-hydrogen) atoms. The zero-order chi connectivity index (χ0) is 20.0. The molecule has 0 saturated heterocycles. The van der Waals surface area contributed by atoms with E-state index in [9.17, 15) is 9.59 Å². The van der Waals surface area contributed by atoms with Crippen LogP contribution in [0, 0.1) is 0 Å². The summed E-state index contributed by atoms with van der Waals surface area (Å²) < 4.78 is 8.47. The summed E-state index contributed by atoms with van der Waals surface area (Å²) in [5.74, 6) is -0.0204. The molecule has 0 spiro atoms. The molecular formula is C19H15BN6O3. The van der Waals surface area contributed by atoms with Crippen LogP contribution in [-0.4, -0.2) is 44.2 Å². The predicted octanol–water partition coefficient (Wildman–Crippen LogP) is 0.413. The molecule has 0 atom stereocenters. The van der Waals surface area contributed by atoms with Crippen LogP contribution in [0.5, 0.6) is 5.88 Å². The van der Waals surface area contributed by atoms with Crippen LogP contribution in [0.4, 0.5) is 5.95 Å². The highest BCUT2D eigenvalue weighted by Gasteiger charge is 2.26. The lowest BCUT2D eigenvalue weighted by Crippen LogP contribution is -2.30. The summed E-state index contributed by atoms with van der Waals surface area (Å²) in [6.07, 6.45) is 3.67. The summed E-state index contributed by atoms with van der Waals surface area (Å²) >= 11 is 0. The van der Waals surface area contributed by atoms with Crippen LogP contribution in [0.3, 0.4) is 0 Å². The summed E-state index contributed by atoms with van der Waals surface area (Å²) in [5, 5.41) is 12.0. The van der Waals surface area contributed by atoms with E-state index in [0.29, 0.717) is 27.8 Å². The van der Waals surface area contributed by atoms with Gasteiger partial charge >= 0.3 is 0 Å². The Morgan fingerprint density at radius 3 is 2.86 bits per heavy atom. The molecule has 2 radical (unpaired) electrons. The Bertz CT molecular complexity index is 1280. The highest BCUT2D eigenvalue weighted by molar-refractivity contribution is 6.33. The van der Waals surface area contributed by atoms with E-state index in [0.717, 1.165) is 17.5 Å². The average molecular weight is 386 g/mol. The Morgan fingerprint density at radius 2 is 2.07 bits per heavy atom. The number of hydrogen-bond acceptors (Lipinski definition) is 6. The number of anilines is 1. The first-order valence-electron chi connectivity index (χ1n) is 9.15. The third-order valence-corrected chi connectivity index (χ3v) is 4.54. The van der Waals surface area contributed by atoms with E-state index in [4.69, 9.17) is 12.6 Å². The highest BCUT2D eigenvalue weighted by Crippen LogP contribution is 2.28. The van der Waals surface area contributed by atoms with Gasteiger partial charge < -0.3 is 4.74 Å². The van der Waals surface area contributed by atoms with Gasteiger partial charge in [-0.3, -0.25) is 14.9 Å². The molecule has 9 nitrogen and oxygen atoms in total. The third-order valence-electron chi connectivity index (χ3n) is 4.54. The van der Waals surface area contributed by atoms with E-state index in [1.165, 1.54) is 0 Å². The van der Waals surface area contributed by atoms with E-state index in [1.807, 2.05) is 6.07 Å². The van der Waals surface area contributed by atoms with Gasteiger partial charge in [0.25, 0.3) is 5.56 Å². The largest absolute Gasteiger partial charge is 0.473 e. The highest BCUT2D eigenvalue weighted by atomic mass is 16.5. The van der Waals surface area contributed by atoms with Crippen molar-refractivity contribution >= 4 is 41.6 Å². The molecule has 1 aliphatic rings. The molecule has 142 valence electrons. The number of pyridine rings is 1. The first-order valence-corrected chi connectivity index (χ1v) is 9.15. The molecule has 1 saturated carbocycles. The normalized spacial score (nSPS) is 13.7. The molecule has 1 amide bonds. The van der Waals surface area contributed by atoms with Gasteiger partial charge in [0, 0.05) is 6.20 Å². The van der Waals surface area contributed by atoms with E-state index in [-0.39, 0.29) is 18.6 Å². The Hall–Kier alpha value is -3.69. The minimum absolute atomic E-state index is 0.0779. The molecule has 3 heterocycles. The average Bonchev–Trinajstić information content (AvgIpc) is 3.42. The van der Waals surface area contributed by atoms with Crippen LogP contribution < -0.4 is 21.1 Å². The predicted molar refractivity (Wildman–Crippen MR) is 107 cm³/mol. The molecule has 0 unspecified atom stereocenters. The number of rotatable bonds is 5. The van der Waals surface area contributed by atoms with Crippen molar-refractivity contribution in [3.8, 4) is 5.88 Å². The van der Waals surface area contributed by atoms with Crippen LogP contribution in [0.25, 0.3) is 16.4 Å². The second kappa shape index (κ2) is 6.73. The minimum atomic E-state index is -0.470. The maximum atomic E-state index is 12.8. The number of hydrogen-bond donors (Lipinski definition) is 1. The fraction of sp³-hybridized carbons (Fsp3) is 0.211. The molecule has 1 aromatic carbocycles. The summed E-state index contributed by atoms with van der Waals surface area (Å²) in [7, 11) is 5.85. The van der Waals surface area contributed by atoms with Crippen molar-refractivity contribution in [1.82, 2.24) is 24.4 Å². The van der Waals surface area contributed by atoms with Gasteiger partial charge in [0.1, 0.15) is 20.5 Å². The lowest BCUT2D eigenvalue weighted by Gasteiger charge is -2.12. The van der Waals surface area contributed by atoms with Crippen molar-refractivity contribution in [2.75, 3.05) is 5.32 Å².